The third-order valence-electron chi connectivity index (χ3n) is 4.47. The monoisotopic (exact) mass is 341 g/mol. The van der Waals surface area contributed by atoms with Crippen molar-refractivity contribution in [1.29, 1.82) is 0 Å². The Morgan fingerprint density at radius 3 is 2.56 bits per heavy atom. The van der Waals surface area contributed by atoms with E-state index in [0.29, 0.717) is 24.4 Å². The van der Waals surface area contributed by atoms with E-state index in [-0.39, 0.29) is 17.9 Å². The van der Waals surface area contributed by atoms with Crippen molar-refractivity contribution in [2.45, 2.75) is 18.9 Å². The molecule has 1 aromatic carbocycles. The largest absolute Gasteiger partial charge is 0.459 e. The van der Waals surface area contributed by atoms with Crippen LogP contribution in [-0.2, 0) is 0 Å². The second kappa shape index (κ2) is 7.42. The minimum Gasteiger partial charge on any atom is -0.459 e. The highest BCUT2D eigenvalue weighted by Gasteiger charge is 2.25. The number of furan rings is 1. The van der Waals surface area contributed by atoms with Crippen molar-refractivity contribution in [1.82, 2.24) is 10.2 Å². The van der Waals surface area contributed by atoms with Gasteiger partial charge >= 0.3 is 0 Å². The van der Waals surface area contributed by atoms with Gasteiger partial charge in [-0.15, -0.1) is 0 Å². The van der Waals surface area contributed by atoms with Gasteiger partial charge in [-0.1, -0.05) is 6.07 Å². The van der Waals surface area contributed by atoms with Crippen LogP contribution in [0.15, 0.2) is 47.1 Å². The lowest BCUT2D eigenvalue weighted by Crippen LogP contribution is -2.46. The molecule has 2 aromatic rings. The molecule has 0 unspecified atom stereocenters. The number of hydrogen-bond acceptors (Lipinski definition) is 4. The first kappa shape index (κ1) is 17.1. The molecule has 1 aliphatic heterocycles. The van der Waals surface area contributed by atoms with Crippen LogP contribution in [0.1, 0.15) is 33.8 Å². The number of carbonyl (C=O) groups is 2. The first-order chi connectivity index (χ1) is 12.0. The van der Waals surface area contributed by atoms with Crippen LogP contribution in [0.4, 0.5) is 5.69 Å². The number of carbonyl (C=O) groups excluding carboxylic acids is 2. The molecule has 0 aliphatic carbocycles. The molecule has 0 spiro atoms. The SMILES string of the molecule is CN(C)c1cccc(C(=O)N2CCC(NC(=O)c3ccco3)CC2)c1. The zero-order valence-electron chi connectivity index (χ0n) is 14.6. The number of benzene rings is 1. The Bertz CT molecular complexity index is 732. The van der Waals surface area contributed by atoms with Crippen molar-refractivity contribution >= 4 is 17.5 Å². The Labute approximate surface area is 147 Å². The lowest BCUT2D eigenvalue weighted by atomic mass is 10.0. The predicted octanol–water partition coefficient (Wildman–Crippen LogP) is 2.38. The van der Waals surface area contributed by atoms with E-state index in [4.69, 9.17) is 4.42 Å². The van der Waals surface area contributed by atoms with Gasteiger partial charge in [-0.3, -0.25) is 9.59 Å². The summed E-state index contributed by atoms with van der Waals surface area (Å²) < 4.78 is 5.10. The molecular weight excluding hydrogens is 318 g/mol. The third-order valence-corrected chi connectivity index (χ3v) is 4.47. The molecule has 0 bridgehead atoms. The van der Waals surface area contributed by atoms with E-state index in [0.717, 1.165) is 18.5 Å². The maximum atomic E-state index is 12.7. The number of piperidine rings is 1. The molecule has 0 radical (unpaired) electrons. The van der Waals surface area contributed by atoms with Crippen molar-refractivity contribution in [3.05, 3.63) is 54.0 Å². The Morgan fingerprint density at radius 1 is 1.16 bits per heavy atom. The summed E-state index contributed by atoms with van der Waals surface area (Å²) in [4.78, 5) is 28.5. The van der Waals surface area contributed by atoms with E-state index in [1.165, 1.54) is 6.26 Å². The zero-order valence-corrected chi connectivity index (χ0v) is 14.6. The summed E-state index contributed by atoms with van der Waals surface area (Å²) in [5.41, 5.74) is 1.70. The number of rotatable bonds is 4. The number of nitrogens with one attached hydrogen (secondary N) is 1. The van der Waals surface area contributed by atoms with Crippen molar-refractivity contribution in [3.8, 4) is 0 Å². The summed E-state index contributed by atoms with van der Waals surface area (Å²) in [7, 11) is 3.91. The van der Waals surface area contributed by atoms with Crippen LogP contribution in [0.2, 0.25) is 0 Å². The summed E-state index contributed by atoms with van der Waals surface area (Å²) >= 11 is 0. The van der Waals surface area contributed by atoms with Crippen LogP contribution in [-0.4, -0.2) is 49.9 Å². The van der Waals surface area contributed by atoms with E-state index in [1.54, 1.807) is 12.1 Å². The molecule has 0 saturated carbocycles. The van der Waals surface area contributed by atoms with Gasteiger partial charge in [0.25, 0.3) is 11.8 Å². The van der Waals surface area contributed by atoms with Gasteiger partial charge in [0.05, 0.1) is 6.26 Å². The number of likely N-dealkylation sites (tertiary alicyclic amines) is 1. The molecule has 1 saturated heterocycles. The van der Waals surface area contributed by atoms with E-state index >= 15 is 0 Å². The maximum absolute atomic E-state index is 12.7. The number of amides is 2. The third kappa shape index (κ3) is 4.02. The summed E-state index contributed by atoms with van der Waals surface area (Å²) in [5, 5.41) is 2.97. The van der Waals surface area contributed by atoms with Crippen LogP contribution in [0.3, 0.4) is 0 Å². The van der Waals surface area contributed by atoms with Gasteiger partial charge in [-0.2, -0.15) is 0 Å². The van der Waals surface area contributed by atoms with Gasteiger partial charge < -0.3 is 19.5 Å². The first-order valence-electron chi connectivity index (χ1n) is 8.45. The molecule has 3 rings (SSSR count). The first-order valence-corrected chi connectivity index (χ1v) is 8.45. The molecule has 1 N–H and O–H groups in total. The van der Waals surface area contributed by atoms with Crippen LogP contribution in [0.5, 0.6) is 0 Å². The topological polar surface area (TPSA) is 65.8 Å². The molecule has 132 valence electrons. The summed E-state index contributed by atoms with van der Waals surface area (Å²) in [6, 6.07) is 11.0. The lowest BCUT2D eigenvalue weighted by molar-refractivity contribution is 0.0695. The standard InChI is InChI=1S/C19H23N3O3/c1-21(2)16-6-3-5-14(13-16)19(24)22-10-8-15(9-11-22)20-18(23)17-7-4-12-25-17/h3-7,12-13,15H,8-11H2,1-2H3,(H,20,23). The van der Waals surface area contributed by atoms with Crippen molar-refractivity contribution in [2.24, 2.45) is 0 Å². The maximum Gasteiger partial charge on any atom is 0.287 e. The number of hydrogen-bond donors (Lipinski definition) is 1. The molecule has 1 aliphatic rings. The average Bonchev–Trinajstić information content (AvgIpc) is 3.17. The van der Waals surface area contributed by atoms with Crippen molar-refractivity contribution in [2.75, 3.05) is 32.1 Å². The molecule has 0 atom stereocenters. The molecule has 1 fully saturated rings. The fraction of sp³-hybridized carbons (Fsp3) is 0.368. The van der Waals surface area contributed by atoms with Crippen LogP contribution in [0.25, 0.3) is 0 Å². The Hall–Kier alpha value is -2.76. The predicted molar refractivity (Wildman–Crippen MR) is 95.9 cm³/mol. The van der Waals surface area contributed by atoms with E-state index in [2.05, 4.69) is 5.32 Å². The molecular formula is C19H23N3O3. The van der Waals surface area contributed by atoms with E-state index in [9.17, 15) is 9.59 Å². The fourth-order valence-electron chi connectivity index (χ4n) is 2.99. The highest BCUT2D eigenvalue weighted by Crippen LogP contribution is 2.18. The van der Waals surface area contributed by atoms with Crippen molar-refractivity contribution in [3.63, 3.8) is 0 Å². The molecule has 6 nitrogen and oxygen atoms in total. The van der Waals surface area contributed by atoms with Gasteiger partial charge in [0.2, 0.25) is 0 Å². The summed E-state index contributed by atoms with van der Waals surface area (Å²) in [6.07, 6.45) is 2.97. The molecule has 2 amide bonds. The van der Waals surface area contributed by atoms with Crippen LogP contribution < -0.4 is 10.2 Å². The average molecular weight is 341 g/mol. The highest BCUT2D eigenvalue weighted by atomic mass is 16.3. The molecule has 6 heteroatoms. The Kier molecular flexibility index (Phi) is 5.07. The van der Waals surface area contributed by atoms with Gasteiger partial charge in [0.15, 0.2) is 5.76 Å². The van der Waals surface area contributed by atoms with Gasteiger partial charge in [0.1, 0.15) is 0 Å². The van der Waals surface area contributed by atoms with Crippen LogP contribution in [0, 0.1) is 0 Å². The smallest absolute Gasteiger partial charge is 0.287 e. The van der Waals surface area contributed by atoms with Gasteiger partial charge in [-0.05, 0) is 43.2 Å². The summed E-state index contributed by atoms with van der Waals surface area (Å²) in [6.45, 7) is 1.27. The normalized spacial score (nSPS) is 15.0. The zero-order chi connectivity index (χ0) is 17.8. The Balaban J connectivity index is 1.56. The molecule has 25 heavy (non-hydrogen) atoms. The number of nitrogens with zero attached hydrogens (tertiary/aromatic N) is 2. The summed E-state index contributed by atoms with van der Waals surface area (Å²) in [5.74, 6) is 0.159. The lowest BCUT2D eigenvalue weighted by Gasteiger charge is -2.32. The van der Waals surface area contributed by atoms with Gasteiger partial charge in [-0.25, -0.2) is 0 Å². The van der Waals surface area contributed by atoms with Crippen LogP contribution >= 0.6 is 0 Å². The van der Waals surface area contributed by atoms with E-state index < -0.39 is 0 Å². The molecule has 2 heterocycles. The fourth-order valence-corrected chi connectivity index (χ4v) is 2.99. The second-order valence-corrected chi connectivity index (χ2v) is 6.46. The van der Waals surface area contributed by atoms with Gasteiger partial charge in [0, 0.05) is 44.5 Å². The minimum atomic E-state index is -0.200. The molecule has 1 aromatic heterocycles. The number of anilines is 1. The second-order valence-electron chi connectivity index (χ2n) is 6.46. The highest BCUT2D eigenvalue weighted by molar-refractivity contribution is 5.95. The van der Waals surface area contributed by atoms with E-state index in [1.807, 2.05) is 48.2 Å². The minimum absolute atomic E-state index is 0.0412. The van der Waals surface area contributed by atoms with Crippen molar-refractivity contribution < 1.29 is 14.0 Å². The Morgan fingerprint density at radius 2 is 1.92 bits per heavy atom. The quantitative estimate of drug-likeness (QED) is 0.927.